The fourth-order valence-electron chi connectivity index (χ4n) is 5.62. The van der Waals surface area contributed by atoms with E-state index >= 15 is 0 Å². The quantitative estimate of drug-likeness (QED) is 0.157. The number of nitrogens with zero attached hydrogens (tertiary/aromatic N) is 2. The molecule has 0 aromatic heterocycles. The van der Waals surface area contributed by atoms with Crippen LogP contribution in [-0.2, 0) is 20.2 Å². The number of hydrogen-bond donors (Lipinski definition) is 2. The maximum Gasteiger partial charge on any atom is 0.264 e. The molecule has 3 aliphatic rings. The fraction of sp³-hybridized carbons (Fsp3) is 0.375. The number of thioether (sulfide) groups is 2. The topological polar surface area (TPSA) is 115 Å². The Balaban J connectivity index is 1.30. The lowest BCUT2D eigenvalue weighted by molar-refractivity contribution is 0.478. The first-order chi connectivity index (χ1) is 21.5. The van der Waals surface area contributed by atoms with Gasteiger partial charge in [-0.05, 0) is 86.4 Å². The van der Waals surface area contributed by atoms with Crippen molar-refractivity contribution in [3.63, 3.8) is 0 Å². The first-order valence-electron chi connectivity index (χ1n) is 14.9. The molecule has 2 N–H and O–H groups in total. The van der Waals surface area contributed by atoms with E-state index < -0.39 is 20.2 Å². The van der Waals surface area contributed by atoms with Crippen molar-refractivity contribution >= 4 is 66.7 Å². The number of benzene rings is 2. The van der Waals surface area contributed by atoms with Crippen LogP contribution in [0.4, 0.5) is 11.4 Å². The van der Waals surface area contributed by atoms with Crippen LogP contribution in [0.1, 0.15) is 44.9 Å². The lowest BCUT2D eigenvalue weighted by atomic mass is 9.94. The molecule has 8 nitrogen and oxygen atoms in total. The van der Waals surface area contributed by atoms with Crippen LogP contribution in [0, 0.1) is 0 Å². The van der Waals surface area contributed by atoms with Crippen LogP contribution >= 0.6 is 35.1 Å². The molecule has 0 spiro atoms. The summed E-state index contributed by atoms with van der Waals surface area (Å²) in [6.07, 6.45) is 13.3. The van der Waals surface area contributed by atoms with E-state index in [9.17, 15) is 16.8 Å². The van der Waals surface area contributed by atoms with Gasteiger partial charge in [0.05, 0.1) is 33.3 Å². The summed E-state index contributed by atoms with van der Waals surface area (Å²) in [4.78, 5) is 6.79. The Morgan fingerprint density at radius 2 is 1.47 bits per heavy atom. The van der Waals surface area contributed by atoms with Gasteiger partial charge in [-0.25, -0.2) is 0 Å². The molecule has 2 aromatic carbocycles. The standard InChI is InChI=1S/C32H37ClN2O6S4/c33-32-24(16-18-30-34(20-5-7-22-44(36,37)38)26-12-1-3-14-28(26)42-30)10-9-11-25(32)17-19-31-35(21-6-8-23-45(39,40)41)27-13-2-4-15-29(27)43-31/h1-4,12-19,30H,5-11,20-23H2,(H,36,37,38)(H,39,40,41)/b18-16+,25-17+,31-19-. The predicted molar refractivity (Wildman–Crippen MR) is 186 cm³/mol. The minimum Gasteiger partial charge on any atom is -0.355 e. The van der Waals surface area contributed by atoms with Crippen molar-refractivity contribution in [2.45, 2.75) is 60.1 Å². The van der Waals surface area contributed by atoms with E-state index in [1.807, 2.05) is 24.3 Å². The van der Waals surface area contributed by atoms with Crippen molar-refractivity contribution in [2.75, 3.05) is 34.4 Å². The molecular weight excluding hydrogens is 672 g/mol. The number of halogens is 1. The Morgan fingerprint density at radius 1 is 0.822 bits per heavy atom. The number of hydrogen-bond acceptors (Lipinski definition) is 8. The summed E-state index contributed by atoms with van der Waals surface area (Å²) in [5.74, 6) is -0.479. The molecule has 2 aliphatic heterocycles. The number of fused-ring (bicyclic) bond motifs is 2. The van der Waals surface area contributed by atoms with Crippen molar-refractivity contribution in [1.82, 2.24) is 0 Å². The second-order valence-electron chi connectivity index (χ2n) is 11.1. The number of rotatable bonds is 13. The van der Waals surface area contributed by atoms with Crippen LogP contribution < -0.4 is 9.80 Å². The first-order valence-corrected chi connectivity index (χ1v) is 20.2. The third kappa shape index (κ3) is 9.43. The Bertz CT molecular complexity index is 1740. The van der Waals surface area contributed by atoms with Gasteiger partial charge in [0.2, 0.25) is 0 Å². The summed E-state index contributed by atoms with van der Waals surface area (Å²) in [6.45, 7) is 1.31. The number of allylic oxidation sites excluding steroid dienone is 6. The molecule has 45 heavy (non-hydrogen) atoms. The highest BCUT2D eigenvalue weighted by Gasteiger charge is 2.28. The summed E-state index contributed by atoms with van der Waals surface area (Å²) in [5.41, 5.74) is 4.37. The predicted octanol–water partition coefficient (Wildman–Crippen LogP) is 7.87. The first kappa shape index (κ1) is 34.2. The van der Waals surface area contributed by atoms with Crippen molar-refractivity contribution in [2.24, 2.45) is 0 Å². The third-order valence-corrected chi connectivity index (χ3v) is 12.3. The zero-order valence-corrected chi connectivity index (χ0v) is 28.7. The Hall–Kier alpha value is -2.19. The molecule has 0 saturated heterocycles. The van der Waals surface area contributed by atoms with Gasteiger partial charge in [-0.2, -0.15) is 16.8 Å². The molecule has 0 bridgehead atoms. The maximum atomic E-state index is 11.2. The van der Waals surface area contributed by atoms with Gasteiger partial charge in [0, 0.05) is 27.9 Å². The highest BCUT2D eigenvalue weighted by Crippen LogP contribution is 2.47. The van der Waals surface area contributed by atoms with E-state index in [0.717, 1.165) is 56.7 Å². The third-order valence-electron chi connectivity index (χ3n) is 7.80. The lowest BCUT2D eigenvalue weighted by Crippen LogP contribution is -2.29. The Morgan fingerprint density at radius 3 is 2.18 bits per heavy atom. The van der Waals surface area contributed by atoms with Crippen LogP contribution in [0.5, 0.6) is 0 Å². The Kier molecular flexibility index (Phi) is 11.5. The van der Waals surface area contributed by atoms with Gasteiger partial charge in [-0.15, -0.1) is 0 Å². The van der Waals surface area contributed by atoms with E-state index in [2.05, 4.69) is 58.4 Å². The smallest absolute Gasteiger partial charge is 0.264 e. The molecule has 2 heterocycles. The number of anilines is 2. The summed E-state index contributed by atoms with van der Waals surface area (Å²) in [6, 6.07) is 16.3. The lowest BCUT2D eigenvalue weighted by Gasteiger charge is -2.25. The maximum absolute atomic E-state index is 11.2. The minimum atomic E-state index is -3.97. The summed E-state index contributed by atoms with van der Waals surface area (Å²) >= 11 is 10.4. The van der Waals surface area contributed by atoms with Gasteiger partial charge in [0.15, 0.2) is 0 Å². The molecule has 1 aliphatic carbocycles. The molecule has 0 saturated carbocycles. The van der Waals surface area contributed by atoms with E-state index in [1.54, 1.807) is 23.5 Å². The largest absolute Gasteiger partial charge is 0.355 e. The fourth-order valence-corrected chi connectivity index (χ4v) is 9.39. The summed E-state index contributed by atoms with van der Waals surface area (Å²) < 4.78 is 62.9. The van der Waals surface area contributed by atoms with Crippen molar-refractivity contribution < 1.29 is 25.9 Å². The van der Waals surface area contributed by atoms with Gasteiger partial charge >= 0.3 is 0 Å². The van der Waals surface area contributed by atoms with Crippen LogP contribution in [0.25, 0.3) is 0 Å². The van der Waals surface area contributed by atoms with Crippen LogP contribution in [0.3, 0.4) is 0 Å². The Labute approximate surface area is 279 Å². The van der Waals surface area contributed by atoms with Crippen molar-refractivity contribution in [3.05, 3.63) is 94.0 Å². The molecule has 1 unspecified atom stereocenters. The van der Waals surface area contributed by atoms with E-state index in [0.29, 0.717) is 38.8 Å². The van der Waals surface area contributed by atoms with Crippen LogP contribution in [0.2, 0.25) is 0 Å². The molecule has 0 radical (unpaired) electrons. The molecule has 1 atom stereocenters. The number of para-hydroxylation sites is 2. The molecule has 5 rings (SSSR count). The van der Waals surface area contributed by atoms with Gasteiger partial charge < -0.3 is 9.80 Å². The van der Waals surface area contributed by atoms with Crippen molar-refractivity contribution in [1.29, 1.82) is 0 Å². The molecule has 0 amide bonds. The molecule has 0 fully saturated rings. The van der Waals surface area contributed by atoms with Crippen LogP contribution in [0.15, 0.2) is 104 Å². The van der Waals surface area contributed by atoms with Gasteiger partial charge in [0.1, 0.15) is 0 Å². The van der Waals surface area contributed by atoms with Gasteiger partial charge in [-0.3, -0.25) is 9.11 Å². The van der Waals surface area contributed by atoms with E-state index in [-0.39, 0.29) is 16.9 Å². The zero-order chi connectivity index (χ0) is 32.0. The highest BCUT2D eigenvalue weighted by atomic mass is 35.5. The van der Waals surface area contributed by atoms with Crippen LogP contribution in [-0.4, -0.2) is 55.9 Å². The number of unbranched alkanes of at least 4 members (excludes halogenated alkanes) is 2. The zero-order valence-electron chi connectivity index (χ0n) is 24.7. The second kappa shape index (κ2) is 15.1. The minimum absolute atomic E-state index is 0.0457. The molecular formula is C32H37ClN2O6S4. The molecule has 242 valence electrons. The summed E-state index contributed by atoms with van der Waals surface area (Å²) in [5, 5.41) is 1.85. The van der Waals surface area contributed by atoms with Gasteiger partial charge in [-0.1, -0.05) is 77.6 Å². The molecule has 2 aromatic rings. The van der Waals surface area contributed by atoms with Gasteiger partial charge in [0.25, 0.3) is 20.2 Å². The van der Waals surface area contributed by atoms with Crippen molar-refractivity contribution in [3.8, 4) is 0 Å². The average Bonchev–Trinajstić information content (AvgIpc) is 3.52. The summed E-state index contributed by atoms with van der Waals surface area (Å²) in [7, 11) is -7.94. The SMILES string of the molecule is O=S(=O)(O)CCCCN1/C(=C/C=C2\CCCC(/C=C/C3Sc4ccccc4N3CCCCS(=O)(=O)O)=C2Cl)Sc2ccccc21. The monoisotopic (exact) mass is 708 g/mol. The van der Waals surface area contributed by atoms with E-state index in [4.69, 9.17) is 20.7 Å². The second-order valence-corrected chi connectivity index (χ2v) is 16.9. The van der Waals surface area contributed by atoms with E-state index in [1.165, 1.54) is 4.90 Å². The highest BCUT2D eigenvalue weighted by molar-refractivity contribution is 8.03. The normalized spacial score (nSPS) is 20.6. The average molecular weight is 709 g/mol. The molecule has 13 heteroatoms.